The number of carbonyl (C=O) groups is 1. The number of benzene rings is 1. The second-order valence-corrected chi connectivity index (χ2v) is 6.15. The summed E-state index contributed by atoms with van der Waals surface area (Å²) in [5.41, 5.74) is 0. The molecule has 0 N–H and O–H groups in total. The fourth-order valence-corrected chi connectivity index (χ4v) is 3.64. The Labute approximate surface area is 110 Å². The van der Waals surface area contributed by atoms with E-state index in [2.05, 4.69) is 0 Å². The lowest BCUT2D eigenvalue weighted by molar-refractivity contribution is -0.120. The minimum atomic E-state index is 0.125. The first-order valence-electron chi connectivity index (χ1n) is 5.22. The van der Waals surface area contributed by atoms with Crippen molar-refractivity contribution in [1.82, 2.24) is 0 Å². The summed E-state index contributed by atoms with van der Waals surface area (Å²) in [5, 5.41) is 1.73. The molecular formula is C12H12Cl2OS. The van der Waals surface area contributed by atoms with Crippen LogP contribution < -0.4 is 0 Å². The fraction of sp³-hybridized carbons (Fsp3) is 0.417. The van der Waals surface area contributed by atoms with Gasteiger partial charge in [0.2, 0.25) is 0 Å². The van der Waals surface area contributed by atoms with Crippen molar-refractivity contribution in [3.05, 3.63) is 28.2 Å². The number of hydrogen-bond donors (Lipinski definition) is 0. The van der Waals surface area contributed by atoms with E-state index >= 15 is 0 Å². The van der Waals surface area contributed by atoms with Gasteiger partial charge >= 0.3 is 0 Å². The fourth-order valence-electron chi connectivity index (χ4n) is 1.86. The Morgan fingerprint density at radius 3 is 2.75 bits per heavy atom. The van der Waals surface area contributed by atoms with Crippen molar-refractivity contribution >= 4 is 40.7 Å². The first-order chi connectivity index (χ1) is 7.58. The van der Waals surface area contributed by atoms with Crippen molar-refractivity contribution in [2.75, 3.05) is 0 Å². The van der Waals surface area contributed by atoms with Gasteiger partial charge in [-0.15, -0.1) is 11.8 Å². The molecular weight excluding hydrogens is 263 g/mol. The Morgan fingerprint density at radius 1 is 1.38 bits per heavy atom. The van der Waals surface area contributed by atoms with E-state index in [9.17, 15) is 4.79 Å². The number of rotatable bonds is 2. The standard InChI is InChI=1S/C12H12Cl2OS/c1-7-10(15)4-5-11(7)16-12-6-8(13)2-3-9(12)14/h2-3,6-7,11H,4-5H2,1H3. The zero-order valence-electron chi connectivity index (χ0n) is 8.87. The van der Waals surface area contributed by atoms with Crippen molar-refractivity contribution in [3.8, 4) is 0 Å². The highest BCUT2D eigenvalue weighted by Crippen LogP contribution is 2.40. The summed E-state index contributed by atoms with van der Waals surface area (Å²) in [6.07, 6.45) is 1.63. The lowest BCUT2D eigenvalue weighted by atomic mass is 10.1. The molecule has 16 heavy (non-hydrogen) atoms. The van der Waals surface area contributed by atoms with Crippen molar-refractivity contribution in [3.63, 3.8) is 0 Å². The molecule has 0 saturated heterocycles. The molecule has 2 rings (SSSR count). The number of halogens is 2. The quantitative estimate of drug-likeness (QED) is 0.793. The first-order valence-corrected chi connectivity index (χ1v) is 6.86. The van der Waals surface area contributed by atoms with E-state index in [4.69, 9.17) is 23.2 Å². The van der Waals surface area contributed by atoms with Gasteiger partial charge in [-0.05, 0) is 24.6 Å². The van der Waals surface area contributed by atoms with Crippen LogP contribution in [-0.4, -0.2) is 11.0 Å². The SMILES string of the molecule is CC1C(=O)CCC1Sc1cc(Cl)ccc1Cl. The molecule has 2 atom stereocenters. The van der Waals surface area contributed by atoms with Crippen LogP contribution in [0.3, 0.4) is 0 Å². The average Bonchev–Trinajstić information content (AvgIpc) is 2.55. The normalized spacial score (nSPS) is 25.1. The predicted octanol–water partition coefficient (Wildman–Crippen LogP) is 4.45. The van der Waals surface area contributed by atoms with Crippen LogP contribution in [-0.2, 0) is 4.79 Å². The van der Waals surface area contributed by atoms with Gasteiger partial charge < -0.3 is 0 Å². The van der Waals surface area contributed by atoms with Gasteiger partial charge in [-0.1, -0.05) is 30.1 Å². The van der Waals surface area contributed by atoms with Crippen molar-refractivity contribution in [2.24, 2.45) is 5.92 Å². The van der Waals surface area contributed by atoms with Crippen LogP contribution in [0.2, 0.25) is 10.0 Å². The van der Waals surface area contributed by atoms with E-state index in [1.807, 2.05) is 13.0 Å². The van der Waals surface area contributed by atoms with Crippen molar-refractivity contribution < 1.29 is 4.79 Å². The minimum Gasteiger partial charge on any atom is -0.299 e. The van der Waals surface area contributed by atoms with Gasteiger partial charge in [0.25, 0.3) is 0 Å². The summed E-state index contributed by atoms with van der Waals surface area (Å²) >= 11 is 13.7. The molecule has 2 unspecified atom stereocenters. The molecule has 4 heteroatoms. The van der Waals surface area contributed by atoms with Crippen molar-refractivity contribution in [2.45, 2.75) is 29.9 Å². The highest BCUT2D eigenvalue weighted by atomic mass is 35.5. The average molecular weight is 275 g/mol. The maximum absolute atomic E-state index is 11.5. The summed E-state index contributed by atoms with van der Waals surface area (Å²) in [5.74, 6) is 0.482. The zero-order chi connectivity index (χ0) is 11.7. The molecule has 1 aromatic carbocycles. The molecule has 0 spiro atoms. The van der Waals surface area contributed by atoms with E-state index in [0.29, 0.717) is 27.5 Å². The molecule has 1 nitrogen and oxygen atoms in total. The van der Waals surface area contributed by atoms with E-state index in [1.165, 1.54) is 0 Å². The molecule has 0 heterocycles. The van der Waals surface area contributed by atoms with Crippen LogP contribution in [0.25, 0.3) is 0 Å². The number of carbonyl (C=O) groups excluding carboxylic acids is 1. The molecule has 0 radical (unpaired) electrons. The Balaban J connectivity index is 2.15. The molecule has 1 aliphatic carbocycles. The number of Topliss-reactive ketones (excluding diaryl/α,β-unsaturated/α-hetero) is 1. The highest BCUT2D eigenvalue weighted by molar-refractivity contribution is 8.00. The summed E-state index contributed by atoms with van der Waals surface area (Å²) in [6.45, 7) is 1.99. The summed E-state index contributed by atoms with van der Waals surface area (Å²) in [4.78, 5) is 12.4. The summed E-state index contributed by atoms with van der Waals surface area (Å²) in [6, 6.07) is 5.44. The van der Waals surface area contributed by atoms with Crippen LogP contribution in [0.5, 0.6) is 0 Å². The number of ketones is 1. The maximum atomic E-state index is 11.5. The van der Waals surface area contributed by atoms with Gasteiger partial charge in [-0.25, -0.2) is 0 Å². The molecule has 1 aliphatic rings. The molecule has 0 aliphatic heterocycles. The van der Waals surface area contributed by atoms with Gasteiger partial charge in [0.05, 0.1) is 5.02 Å². The third kappa shape index (κ3) is 2.55. The summed E-state index contributed by atoms with van der Waals surface area (Å²) in [7, 11) is 0. The third-order valence-electron chi connectivity index (χ3n) is 2.91. The van der Waals surface area contributed by atoms with Crippen LogP contribution in [0.15, 0.2) is 23.1 Å². The van der Waals surface area contributed by atoms with Crippen molar-refractivity contribution in [1.29, 1.82) is 0 Å². The zero-order valence-corrected chi connectivity index (χ0v) is 11.2. The Hall–Kier alpha value is -0.180. The molecule has 1 saturated carbocycles. The molecule has 1 aromatic rings. The number of hydrogen-bond acceptors (Lipinski definition) is 2. The maximum Gasteiger partial charge on any atom is 0.136 e. The Morgan fingerprint density at radius 2 is 2.12 bits per heavy atom. The second kappa shape index (κ2) is 4.99. The van der Waals surface area contributed by atoms with Crippen LogP contribution in [0.1, 0.15) is 19.8 Å². The second-order valence-electron chi connectivity index (χ2n) is 4.02. The van der Waals surface area contributed by atoms with Gasteiger partial charge in [0, 0.05) is 27.5 Å². The van der Waals surface area contributed by atoms with Gasteiger partial charge in [-0.2, -0.15) is 0 Å². The van der Waals surface area contributed by atoms with Gasteiger partial charge in [0.1, 0.15) is 5.78 Å². The minimum absolute atomic E-state index is 0.125. The molecule has 86 valence electrons. The lowest BCUT2D eigenvalue weighted by Crippen LogP contribution is -2.11. The van der Waals surface area contributed by atoms with Crippen LogP contribution >= 0.6 is 35.0 Å². The first kappa shape index (κ1) is 12.3. The lowest BCUT2D eigenvalue weighted by Gasteiger charge is -2.14. The monoisotopic (exact) mass is 274 g/mol. The van der Waals surface area contributed by atoms with Crippen LogP contribution in [0.4, 0.5) is 0 Å². The molecule has 1 fully saturated rings. The Bertz CT molecular complexity index is 419. The predicted molar refractivity (Wildman–Crippen MR) is 69.5 cm³/mol. The summed E-state index contributed by atoms with van der Waals surface area (Å²) < 4.78 is 0. The van der Waals surface area contributed by atoms with E-state index in [-0.39, 0.29) is 5.92 Å². The third-order valence-corrected chi connectivity index (χ3v) is 5.13. The number of thioether (sulfide) groups is 1. The van der Waals surface area contributed by atoms with E-state index < -0.39 is 0 Å². The van der Waals surface area contributed by atoms with Crippen LogP contribution in [0, 0.1) is 5.92 Å². The molecule has 0 bridgehead atoms. The van der Waals surface area contributed by atoms with E-state index in [1.54, 1.807) is 23.9 Å². The molecule has 0 amide bonds. The van der Waals surface area contributed by atoms with Gasteiger partial charge in [0.15, 0.2) is 0 Å². The van der Waals surface area contributed by atoms with E-state index in [0.717, 1.165) is 11.3 Å². The smallest absolute Gasteiger partial charge is 0.136 e. The largest absolute Gasteiger partial charge is 0.299 e. The Kier molecular flexibility index (Phi) is 3.83. The molecule has 0 aromatic heterocycles. The topological polar surface area (TPSA) is 17.1 Å². The van der Waals surface area contributed by atoms with Gasteiger partial charge in [-0.3, -0.25) is 4.79 Å². The highest BCUT2D eigenvalue weighted by Gasteiger charge is 2.31.